The highest BCUT2D eigenvalue weighted by Gasteiger charge is 2.33. The Balaban J connectivity index is 1.76. The molecule has 88 valence electrons. The second-order valence-corrected chi connectivity index (χ2v) is 5.64. The van der Waals surface area contributed by atoms with Gasteiger partial charge in [0.05, 0.1) is 0 Å². The van der Waals surface area contributed by atoms with Gasteiger partial charge in [-0.05, 0) is 39.0 Å². The molecule has 1 aromatic heterocycles. The summed E-state index contributed by atoms with van der Waals surface area (Å²) in [4.78, 5) is 4.48. The van der Waals surface area contributed by atoms with Crippen molar-refractivity contribution in [3.8, 4) is 0 Å². The summed E-state index contributed by atoms with van der Waals surface area (Å²) in [6.45, 7) is 2.31. The third-order valence-corrected chi connectivity index (χ3v) is 4.26. The highest BCUT2D eigenvalue weighted by Crippen LogP contribution is 2.36. The monoisotopic (exact) mass is 219 g/mol. The maximum absolute atomic E-state index is 4.48. The zero-order valence-corrected chi connectivity index (χ0v) is 10.1. The second kappa shape index (κ2) is 3.79. The van der Waals surface area contributed by atoms with Crippen molar-refractivity contribution in [3.63, 3.8) is 0 Å². The Morgan fingerprint density at radius 1 is 1.31 bits per heavy atom. The van der Waals surface area contributed by atoms with E-state index in [4.69, 9.17) is 0 Å². The largest absolute Gasteiger partial charge is 0.350 e. The summed E-state index contributed by atoms with van der Waals surface area (Å²) in [6.07, 6.45) is 13.4. The SMILES string of the molecule is CC1(Nc2nccn2C2CCCC2)CCC1. The molecule has 3 rings (SSSR count). The van der Waals surface area contributed by atoms with Crippen LogP contribution in [0.3, 0.4) is 0 Å². The molecule has 1 aromatic rings. The van der Waals surface area contributed by atoms with Gasteiger partial charge in [-0.1, -0.05) is 12.8 Å². The van der Waals surface area contributed by atoms with Crippen LogP contribution in [0.1, 0.15) is 57.9 Å². The highest BCUT2D eigenvalue weighted by atomic mass is 15.2. The average molecular weight is 219 g/mol. The van der Waals surface area contributed by atoms with Gasteiger partial charge >= 0.3 is 0 Å². The number of nitrogens with zero attached hydrogens (tertiary/aromatic N) is 2. The Kier molecular flexibility index (Phi) is 2.41. The molecule has 2 aliphatic carbocycles. The van der Waals surface area contributed by atoms with Crippen molar-refractivity contribution in [3.05, 3.63) is 12.4 Å². The number of aromatic nitrogens is 2. The molecule has 0 aliphatic heterocycles. The molecule has 2 fully saturated rings. The van der Waals surface area contributed by atoms with E-state index in [2.05, 4.69) is 28.0 Å². The smallest absolute Gasteiger partial charge is 0.203 e. The predicted octanol–water partition coefficient (Wildman–Crippen LogP) is 3.35. The number of hydrogen-bond donors (Lipinski definition) is 1. The second-order valence-electron chi connectivity index (χ2n) is 5.64. The number of rotatable bonds is 3. The van der Waals surface area contributed by atoms with Crippen molar-refractivity contribution in [2.75, 3.05) is 5.32 Å². The Bertz CT molecular complexity index is 359. The minimum Gasteiger partial charge on any atom is -0.350 e. The zero-order chi connectivity index (χ0) is 11.0. The van der Waals surface area contributed by atoms with Crippen LogP contribution in [0.5, 0.6) is 0 Å². The third-order valence-electron chi connectivity index (χ3n) is 4.26. The molecule has 0 bridgehead atoms. The van der Waals surface area contributed by atoms with Crippen LogP contribution in [0.15, 0.2) is 12.4 Å². The molecule has 0 saturated heterocycles. The molecule has 2 aliphatic rings. The Morgan fingerprint density at radius 3 is 2.69 bits per heavy atom. The lowest BCUT2D eigenvalue weighted by Gasteiger charge is -2.39. The summed E-state index contributed by atoms with van der Waals surface area (Å²) in [5.41, 5.74) is 0.307. The molecule has 0 spiro atoms. The van der Waals surface area contributed by atoms with Crippen LogP contribution in [0.2, 0.25) is 0 Å². The summed E-state index contributed by atoms with van der Waals surface area (Å²) in [5, 5.41) is 3.63. The van der Waals surface area contributed by atoms with E-state index in [-0.39, 0.29) is 0 Å². The van der Waals surface area contributed by atoms with Gasteiger partial charge in [0.15, 0.2) is 0 Å². The van der Waals surface area contributed by atoms with Gasteiger partial charge in [0.25, 0.3) is 0 Å². The third kappa shape index (κ3) is 1.72. The molecule has 0 aromatic carbocycles. The first-order valence-electron chi connectivity index (χ1n) is 6.58. The van der Waals surface area contributed by atoms with E-state index in [1.54, 1.807) is 0 Å². The van der Waals surface area contributed by atoms with Crippen LogP contribution in [0, 0.1) is 0 Å². The van der Waals surface area contributed by atoms with Crippen LogP contribution in [0.25, 0.3) is 0 Å². The fourth-order valence-electron chi connectivity index (χ4n) is 2.99. The van der Waals surface area contributed by atoms with Crippen molar-refractivity contribution < 1.29 is 0 Å². The van der Waals surface area contributed by atoms with Crippen molar-refractivity contribution >= 4 is 5.95 Å². The van der Waals surface area contributed by atoms with Crippen LogP contribution in [0.4, 0.5) is 5.95 Å². The van der Waals surface area contributed by atoms with E-state index in [9.17, 15) is 0 Å². The number of anilines is 1. The van der Waals surface area contributed by atoms with Crippen molar-refractivity contribution in [1.29, 1.82) is 0 Å². The number of nitrogens with one attached hydrogen (secondary N) is 1. The predicted molar refractivity (Wildman–Crippen MR) is 65.6 cm³/mol. The molecule has 16 heavy (non-hydrogen) atoms. The molecule has 1 heterocycles. The van der Waals surface area contributed by atoms with Crippen molar-refractivity contribution in [2.45, 2.75) is 63.5 Å². The fraction of sp³-hybridized carbons (Fsp3) is 0.769. The Hall–Kier alpha value is -0.990. The summed E-state index contributed by atoms with van der Waals surface area (Å²) in [7, 11) is 0. The molecule has 0 radical (unpaired) electrons. The Labute approximate surface area is 97.3 Å². The van der Waals surface area contributed by atoms with Gasteiger partial charge in [-0.25, -0.2) is 4.98 Å². The number of hydrogen-bond acceptors (Lipinski definition) is 2. The summed E-state index contributed by atoms with van der Waals surface area (Å²) < 4.78 is 2.36. The van der Waals surface area contributed by atoms with Gasteiger partial charge < -0.3 is 9.88 Å². The van der Waals surface area contributed by atoms with Crippen LogP contribution >= 0.6 is 0 Å². The van der Waals surface area contributed by atoms with Crippen LogP contribution in [-0.4, -0.2) is 15.1 Å². The van der Waals surface area contributed by atoms with Gasteiger partial charge in [-0.15, -0.1) is 0 Å². The van der Waals surface area contributed by atoms with E-state index in [0.717, 1.165) is 5.95 Å². The highest BCUT2D eigenvalue weighted by molar-refractivity contribution is 5.32. The average Bonchev–Trinajstić information content (AvgIpc) is 2.83. The van der Waals surface area contributed by atoms with E-state index < -0.39 is 0 Å². The Morgan fingerprint density at radius 2 is 2.06 bits per heavy atom. The van der Waals surface area contributed by atoms with Gasteiger partial charge in [-0.3, -0.25) is 0 Å². The lowest BCUT2D eigenvalue weighted by Crippen LogP contribution is -2.42. The van der Waals surface area contributed by atoms with Crippen LogP contribution in [-0.2, 0) is 0 Å². The first kappa shape index (κ1) is 10.2. The lowest BCUT2D eigenvalue weighted by molar-refractivity contribution is 0.302. The van der Waals surface area contributed by atoms with Crippen molar-refractivity contribution in [2.24, 2.45) is 0 Å². The molecule has 0 unspecified atom stereocenters. The summed E-state index contributed by atoms with van der Waals surface area (Å²) >= 11 is 0. The number of imidazole rings is 1. The maximum atomic E-state index is 4.48. The molecule has 0 amide bonds. The molecule has 1 N–H and O–H groups in total. The van der Waals surface area contributed by atoms with E-state index >= 15 is 0 Å². The zero-order valence-electron chi connectivity index (χ0n) is 10.1. The minimum absolute atomic E-state index is 0.307. The van der Waals surface area contributed by atoms with E-state index in [0.29, 0.717) is 11.6 Å². The first-order chi connectivity index (χ1) is 7.77. The molecular formula is C13H21N3. The normalized spacial score (nSPS) is 24.3. The van der Waals surface area contributed by atoms with Crippen molar-refractivity contribution in [1.82, 2.24) is 9.55 Å². The fourth-order valence-corrected chi connectivity index (χ4v) is 2.99. The first-order valence-corrected chi connectivity index (χ1v) is 6.58. The van der Waals surface area contributed by atoms with Gasteiger partial charge in [-0.2, -0.15) is 0 Å². The molecule has 3 heteroatoms. The molecule has 0 atom stereocenters. The topological polar surface area (TPSA) is 29.9 Å². The van der Waals surface area contributed by atoms with E-state index in [1.807, 2.05) is 6.20 Å². The maximum Gasteiger partial charge on any atom is 0.203 e. The summed E-state index contributed by atoms with van der Waals surface area (Å²) in [5.74, 6) is 1.09. The molecule has 2 saturated carbocycles. The van der Waals surface area contributed by atoms with E-state index in [1.165, 1.54) is 44.9 Å². The molecular weight excluding hydrogens is 198 g/mol. The summed E-state index contributed by atoms with van der Waals surface area (Å²) in [6, 6.07) is 0.689. The molecule has 3 nitrogen and oxygen atoms in total. The van der Waals surface area contributed by atoms with Gasteiger partial charge in [0, 0.05) is 24.0 Å². The standard InChI is InChI=1S/C13H21N3/c1-13(7-4-8-13)15-12-14-9-10-16(12)11-5-2-3-6-11/h9-11H,2-8H2,1H3,(H,14,15). The minimum atomic E-state index is 0.307. The quantitative estimate of drug-likeness (QED) is 0.845. The lowest BCUT2D eigenvalue weighted by atomic mass is 9.79. The van der Waals surface area contributed by atoms with Gasteiger partial charge in [0.2, 0.25) is 5.95 Å². The van der Waals surface area contributed by atoms with Crippen LogP contribution < -0.4 is 5.32 Å². The van der Waals surface area contributed by atoms with Gasteiger partial charge in [0.1, 0.15) is 0 Å².